The summed E-state index contributed by atoms with van der Waals surface area (Å²) < 4.78 is 0. The fraction of sp³-hybridized carbons (Fsp3) is 0.133. The van der Waals surface area contributed by atoms with Gasteiger partial charge >= 0.3 is 0 Å². The van der Waals surface area contributed by atoms with E-state index in [1.165, 1.54) is 12.1 Å². The predicted octanol–water partition coefficient (Wildman–Crippen LogP) is 3.20. The van der Waals surface area contributed by atoms with Crippen LogP contribution in [0.25, 0.3) is 0 Å². The van der Waals surface area contributed by atoms with Crippen molar-refractivity contribution in [3.8, 4) is 5.75 Å². The Balaban J connectivity index is 1.89. The van der Waals surface area contributed by atoms with Crippen LogP contribution in [0.2, 0.25) is 5.02 Å². The van der Waals surface area contributed by atoms with E-state index in [1.807, 2.05) is 24.3 Å². The molecule has 0 radical (unpaired) electrons. The van der Waals surface area contributed by atoms with Crippen molar-refractivity contribution in [2.75, 3.05) is 11.1 Å². The smallest absolute Gasteiger partial charge is 0.224 e. The maximum Gasteiger partial charge on any atom is 0.224 e. The minimum Gasteiger partial charge on any atom is -0.506 e. The summed E-state index contributed by atoms with van der Waals surface area (Å²) in [5.74, 6) is -0.116. The van der Waals surface area contributed by atoms with Gasteiger partial charge in [0.1, 0.15) is 5.75 Å². The van der Waals surface area contributed by atoms with E-state index in [-0.39, 0.29) is 16.7 Å². The summed E-state index contributed by atoms with van der Waals surface area (Å²) in [6, 6.07) is 12.0. The number of aromatic hydroxyl groups is 1. The van der Waals surface area contributed by atoms with E-state index in [2.05, 4.69) is 5.32 Å². The number of aryl methyl sites for hydroxylation is 1. The Kier molecular flexibility index (Phi) is 4.48. The van der Waals surface area contributed by atoms with Crippen molar-refractivity contribution < 1.29 is 9.90 Å². The molecule has 0 unspecified atom stereocenters. The summed E-state index contributed by atoms with van der Waals surface area (Å²) in [6.45, 7) is 0. The zero-order chi connectivity index (χ0) is 14.5. The lowest BCUT2D eigenvalue weighted by molar-refractivity contribution is -0.116. The van der Waals surface area contributed by atoms with Crippen molar-refractivity contribution in [1.29, 1.82) is 0 Å². The summed E-state index contributed by atoms with van der Waals surface area (Å²) >= 11 is 5.77. The van der Waals surface area contributed by atoms with Crippen molar-refractivity contribution in [3.63, 3.8) is 0 Å². The molecule has 1 amide bonds. The number of phenolic OH excluding ortho intramolecular Hbond substituents is 1. The molecule has 20 heavy (non-hydrogen) atoms. The Bertz CT molecular complexity index is 612. The first-order chi connectivity index (χ1) is 9.54. The average Bonchev–Trinajstić information content (AvgIpc) is 2.42. The normalized spacial score (nSPS) is 10.2. The highest BCUT2D eigenvalue weighted by atomic mass is 35.5. The molecule has 0 atom stereocenters. The Morgan fingerprint density at radius 3 is 2.55 bits per heavy atom. The van der Waals surface area contributed by atoms with E-state index in [4.69, 9.17) is 17.3 Å². The van der Waals surface area contributed by atoms with Crippen molar-refractivity contribution in [1.82, 2.24) is 0 Å². The van der Waals surface area contributed by atoms with Crippen molar-refractivity contribution >= 4 is 28.9 Å². The SMILES string of the molecule is Nc1ccc(CCC(=O)Nc2ccc(O)c(Cl)c2)cc1. The highest BCUT2D eigenvalue weighted by Crippen LogP contribution is 2.26. The third kappa shape index (κ3) is 3.90. The molecule has 0 saturated heterocycles. The van der Waals surface area contributed by atoms with Gasteiger partial charge in [0.2, 0.25) is 5.91 Å². The highest BCUT2D eigenvalue weighted by Gasteiger charge is 2.05. The molecule has 4 N–H and O–H groups in total. The average molecular weight is 291 g/mol. The van der Waals surface area contributed by atoms with Crippen molar-refractivity contribution in [3.05, 3.63) is 53.1 Å². The van der Waals surface area contributed by atoms with Crippen LogP contribution in [-0.4, -0.2) is 11.0 Å². The fourth-order valence-corrected chi connectivity index (χ4v) is 1.93. The number of phenols is 1. The summed E-state index contributed by atoms with van der Waals surface area (Å²) in [6.07, 6.45) is 1.00. The number of carbonyl (C=O) groups excluding carboxylic acids is 1. The fourth-order valence-electron chi connectivity index (χ4n) is 1.75. The molecule has 0 aliphatic rings. The van der Waals surface area contributed by atoms with E-state index in [0.29, 0.717) is 24.2 Å². The first-order valence-electron chi connectivity index (χ1n) is 6.17. The zero-order valence-corrected chi connectivity index (χ0v) is 11.5. The predicted molar refractivity (Wildman–Crippen MR) is 80.9 cm³/mol. The van der Waals surface area contributed by atoms with Crippen LogP contribution in [0.4, 0.5) is 11.4 Å². The number of carbonyl (C=O) groups is 1. The molecule has 104 valence electrons. The van der Waals surface area contributed by atoms with E-state index >= 15 is 0 Å². The molecule has 5 heteroatoms. The Labute approximate surface area is 122 Å². The van der Waals surface area contributed by atoms with E-state index < -0.39 is 0 Å². The molecule has 4 nitrogen and oxygen atoms in total. The molecule has 0 bridgehead atoms. The van der Waals surface area contributed by atoms with Crippen LogP contribution in [0.1, 0.15) is 12.0 Å². The second-order valence-electron chi connectivity index (χ2n) is 4.46. The summed E-state index contributed by atoms with van der Waals surface area (Å²) in [4.78, 5) is 11.8. The number of nitrogens with two attached hydrogens (primary N) is 1. The lowest BCUT2D eigenvalue weighted by Gasteiger charge is -2.06. The third-order valence-corrected chi connectivity index (χ3v) is 3.15. The lowest BCUT2D eigenvalue weighted by atomic mass is 10.1. The largest absolute Gasteiger partial charge is 0.506 e. The zero-order valence-electron chi connectivity index (χ0n) is 10.8. The first kappa shape index (κ1) is 14.2. The number of amides is 1. The van der Waals surface area contributed by atoms with Gasteiger partial charge in [-0.2, -0.15) is 0 Å². The van der Waals surface area contributed by atoms with E-state index in [1.54, 1.807) is 6.07 Å². The van der Waals surface area contributed by atoms with Gasteiger partial charge in [0.15, 0.2) is 0 Å². The number of rotatable bonds is 4. The summed E-state index contributed by atoms with van der Waals surface area (Å²) in [7, 11) is 0. The number of benzene rings is 2. The lowest BCUT2D eigenvalue weighted by Crippen LogP contribution is -2.12. The molecular formula is C15H15ClN2O2. The summed E-state index contributed by atoms with van der Waals surface area (Å²) in [5.41, 5.74) is 7.92. The number of nitrogen functional groups attached to an aromatic ring is 1. The standard InChI is InChI=1S/C15H15ClN2O2/c16-13-9-12(6-7-14(13)19)18-15(20)8-3-10-1-4-11(17)5-2-10/h1-2,4-7,9,19H,3,8,17H2,(H,18,20). The van der Waals surface area contributed by atoms with Gasteiger partial charge in [0.25, 0.3) is 0 Å². The Morgan fingerprint density at radius 1 is 1.20 bits per heavy atom. The van der Waals surface area contributed by atoms with Crippen LogP contribution in [0.15, 0.2) is 42.5 Å². The number of hydrogen-bond donors (Lipinski definition) is 3. The van der Waals surface area contributed by atoms with Gasteiger partial charge in [0.05, 0.1) is 5.02 Å². The van der Waals surface area contributed by atoms with Crippen LogP contribution < -0.4 is 11.1 Å². The molecule has 2 rings (SSSR count). The topological polar surface area (TPSA) is 75.4 Å². The van der Waals surface area contributed by atoms with Gasteiger partial charge in [0, 0.05) is 17.8 Å². The molecule has 0 aliphatic carbocycles. The van der Waals surface area contributed by atoms with Gasteiger partial charge in [-0.25, -0.2) is 0 Å². The molecule has 0 aliphatic heterocycles. The van der Waals surface area contributed by atoms with Gasteiger partial charge in [-0.3, -0.25) is 4.79 Å². The molecule has 0 fully saturated rings. The second-order valence-corrected chi connectivity index (χ2v) is 4.86. The molecule has 0 heterocycles. The molecule has 0 saturated carbocycles. The first-order valence-corrected chi connectivity index (χ1v) is 6.55. The Hall–Kier alpha value is -2.20. The molecular weight excluding hydrogens is 276 g/mol. The summed E-state index contributed by atoms with van der Waals surface area (Å²) in [5, 5.41) is 12.2. The van der Waals surface area contributed by atoms with Gasteiger partial charge < -0.3 is 16.2 Å². The number of nitrogens with one attached hydrogen (secondary N) is 1. The third-order valence-electron chi connectivity index (χ3n) is 2.85. The van der Waals surface area contributed by atoms with Crippen LogP contribution in [0, 0.1) is 0 Å². The molecule has 2 aromatic rings. The van der Waals surface area contributed by atoms with Crippen LogP contribution >= 0.6 is 11.6 Å². The minimum absolute atomic E-state index is 0.00783. The molecule has 2 aromatic carbocycles. The monoisotopic (exact) mass is 290 g/mol. The number of hydrogen-bond acceptors (Lipinski definition) is 3. The van der Waals surface area contributed by atoms with Gasteiger partial charge in [-0.05, 0) is 42.3 Å². The quantitative estimate of drug-likeness (QED) is 0.598. The maximum atomic E-state index is 11.8. The van der Waals surface area contributed by atoms with Gasteiger partial charge in [-0.1, -0.05) is 23.7 Å². The highest BCUT2D eigenvalue weighted by molar-refractivity contribution is 6.32. The van der Waals surface area contributed by atoms with Crippen molar-refractivity contribution in [2.24, 2.45) is 0 Å². The van der Waals surface area contributed by atoms with Crippen LogP contribution in [0.3, 0.4) is 0 Å². The van der Waals surface area contributed by atoms with E-state index in [9.17, 15) is 9.90 Å². The van der Waals surface area contributed by atoms with Gasteiger partial charge in [-0.15, -0.1) is 0 Å². The van der Waals surface area contributed by atoms with Crippen LogP contribution in [0.5, 0.6) is 5.75 Å². The minimum atomic E-state index is -0.108. The molecule has 0 spiro atoms. The maximum absolute atomic E-state index is 11.8. The van der Waals surface area contributed by atoms with Crippen molar-refractivity contribution in [2.45, 2.75) is 12.8 Å². The Morgan fingerprint density at radius 2 is 1.90 bits per heavy atom. The number of halogens is 1. The van der Waals surface area contributed by atoms with Crippen LogP contribution in [-0.2, 0) is 11.2 Å². The molecule has 0 aromatic heterocycles. The second kappa shape index (κ2) is 6.30. The van der Waals surface area contributed by atoms with E-state index in [0.717, 1.165) is 5.56 Å². The number of anilines is 2.